The Labute approximate surface area is 95.6 Å². The van der Waals surface area contributed by atoms with Crippen LogP contribution in [-0.2, 0) is 9.53 Å². The third kappa shape index (κ3) is 3.28. The summed E-state index contributed by atoms with van der Waals surface area (Å²) in [6.07, 6.45) is -0.578. The van der Waals surface area contributed by atoms with Gasteiger partial charge in [-0.05, 0) is 12.5 Å². The lowest BCUT2D eigenvalue weighted by Gasteiger charge is -2.06. The van der Waals surface area contributed by atoms with Gasteiger partial charge < -0.3 is 9.84 Å². The van der Waals surface area contributed by atoms with Gasteiger partial charge in [-0.2, -0.15) is 0 Å². The second kappa shape index (κ2) is 5.57. The van der Waals surface area contributed by atoms with E-state index in [0.29, 0.717) is 4.88 Å². The van der Waals surface area contributed by atoms with E-state index in [1.807, 2.05) is 0 Å². The number of nitrogens with zero attached hydrogens (tertiary/aromatic N) is 1. The topological polar surface area (TPSA) is 89.7 Å². The van der Waals surface area contributed by atoms with Crippen LogP contribution in [0.5, 0.6) is 0 Å². The van der Waals surface area contributed by atoms with Crippen LogP contribution in [0.2, 0.25) is 0 Å². The molecule has 0 fully saturated rings. The van der Waals surface area contributed by atoms with Gasteiger partial charge in [-0.15, -0.1) is 0 Å². The van der Waals surface area contributed by atoms with Crippen LogP contribution in [0.15, 0.2) is 12.1 Å². The highest BCUT2D eigenvalue weighted by molar-refractivity contribution is 7.15. The molecule has 0 bridgehead atoms. The minimum atomic E-state index is -0.863. The maximum atomic E-state index is 10.8. The van der Waals surface area contributed by atoms with Crippen molar-refractivity contribution in [1.82, 2.24) is 0 Å². The molecule has 7 heteroatoms. The third-order valence-corrected chi connectivity index (χ3v) is 3.11. The van der Waals surface area contributed by atoms with Crippen LogP contribution < -0.4 is 0 Å². The molecule has 0 spiro atoms. The van der Waals surface area contributed by atoms with Crippen molar-refractivity contribution < 1.29 is 19.6 Å². The molecule has 1 N–H and O–H groups in total. The number of hydrogen-bond acceptors (Lipinski definition) is 6. The molecule has 1 atom stereocenters. The molecule has 1 rings (SSSR count). The lowest BCUT2D eigenvalue weighted by Crippen LogP contribution is -2.03. The molecular formula is C9H11NO5S. The minimum absolute atomic E-state index is 0.0212. The Balaban J connectivity index is 2.55. The number of rotatable bonds is 5. The minimum Gasteiger partial charge on any atom is -0.469 e. The average Bonchev–Trinajstić information content (AvgIpc) is 2.74. The normalized spacial score (nSPS) is 12.1. The SMILES string of the molecule is COC(=O)CCC(O)c1ccc([N+](=O)[O-])s1. The molecular weight excluding hydrogens is 234 g/mol. The van der Waals surface area contributed by atoms with Gasteiger partial charge in [0.25, 0.3) is 0 Å². The molecule has 1 aromatic rings. The van der Waals surface area contributed by atoms with E-state index in [0.717, 1.165) is 11.3 Å². The zero-order valence-electron chi connectivity index (χ0n) is 8.58. The summed E-state index contributed by atoms with van der Waals surface area (Å²) in [6, 6.07) is 2.83. The lowest BCUT2D eigenvalue weighted by atomic mass is 10.2. The second-order valence-electron chi connectivity index (χ2n) is 3.06. The van der Waals surface area contributed by atoms with Crippen molar-refractivity contribution in [3.8, 4) is 0 Å². The van der Waals surface area contributed by atoms with Crippen LogP contribution in [0.25, 0.3) is 0 Å². The summed E-state index contributed by atoms with van der Waals surface area (Å²) in [4.78, 5) is 21.2. The zero-order valence-corrected chi connectivity index (χ0v) is 9.40. The van der Waals surface area contributed by atoms with E-state index in [4.69, 9.17) is 0 Å². The summed E-state index contributed by atoms with van der Waals surface area (Å²) in [5, 5.41) is 20.0. The maximum absolute atomic E-state index is 10.8. The number of aliphatic hydroxyl groups excluding tert-OH is 1. The number of ether oxygens (including phenoxy) is 1. The fourth-order valence-electron chi connectivity index (χ4n) is 1.12. The van der Waals surface area contributed by atoms with Crippen molar-refractivity contribution in [1.29, 1.82) is 0 Å². The standard InChI is InChI=1S/C9H11NO5S/c1-15-9(12)5-2-6(11)7-3-4-8(16-7)10(13)14/h3-4,6,11H,2,5H2,1H3. The van der Waals surface area contributed by atoms with Crippen molar-refractivity contribution in [2.24, 2.45) is 0 Å². The van der Waals surface area contributed by atoms with Crippen LogP contribution in [0.1, 0.15) is 23.8 Å². The summed E-state index contributed by atoms with van der Waals surface area (Å²) in [5.74, 6) is -0.412. The Morgan fingerprint density at radius 2 is 2.38 bits per heavy atom. The van der Waals surface area contributed by atoms with Crippen LogP contribution in [0.3, 0.4) is 0 Å². The molecule has 16 heavy (non-hydrogen) atoms. The molecule has 6 nitrogen and oxygen atoms in total. The fourth-order valence-corrected chi connectivity index (χ4v) is 1.96. The Morgan fingerprint density at radius 3 is 2.88 bits per heavy atom. The van der Waals surface area contributed by atoms with Crippen molar-refractivity contribution in [3.63, 3.8) is 0 Å². The molecule has 0 aliphatic heterocycles. The number of aliphatic hydroxyl groups is 1. The van der Waals surface area contributed by atoms with E-state index in [1.54, 1.807) is 0 Å². The van der Waals surface area contributed by atoms with E-state index in [1.165, 1.54) is 19.2 Å². The number of esters is 1. The van der Waals surface area contributed by atoms with Crippen molar-refractivity contribution >= 4 is 22.3 Å². The maximum Gasteiger partial charge on any atom is 0.324 e. The van der Waals surface area contributed by atoms with E-state index < -0.39 is 17.0 Å². The molecule has 0 amide bonds. The molecule has 0 aliphatic rings. The van der Waals surface area contributed by atoms with Gasteiger partial charge in [-0.3, -0.25) is 14.9 Å². The van der Waals surface area contributed by atoms with Crippen LogP contribution in [0, 0.1) is 10.1 Å². The monoisotopic (exact) mass is 245 g/mol. The van der Waals surface area contributed by atoms with Gasteiger partial charge in [-0.1, -0.05) is 11.3 Å². The van der Waals surface area contributed by atoms with E-state index in [-0.39, 0.29) is 17.8 Å². The Kier molecular flexibility index (Phi) is 4.39. The van der Waals surface area contributed by atoms with E-state index in [2.05, 4.69) is 4.74 Å². The number of hydrogen-bond donors (Lipinski definition) is 1. The lowest BCUT2D eigenvalue weighted by molar-refractivity contribution is -0.380. The highest BCUT2D eigenvalue weighted by Gasteiger charge is 2.16. The smallest absolute Gasteiger partial charge is 0.324 e. The predicted molar refractivity (Wildman–Crippen MR) is 57.2 cm³/mol. The van der Waals surface area contributed by atoms with Crippen LogP contribution in [-0.4, -0.2) is 23.1 Å². The largest absolute Gasteiger partial charge is 0.469 e. The number of thiophene rings is 1. The van der Waals surface area contributed by atoms with Gasteiger partial charge in [-0.25, -0.2) is 0 Å². The Morgan fingerprint density at radius 1 is 1.69 bits per heavy atom. The highest BCUT2D eigenvalue weighted by atomic mass is 32.1. The third-order valence-electron chi connectivity index (χ3n) is 1.97. The molecule has 1 aromatic heterocycles. The predicted octanol–water partition coefficient (Wildman–Crippen LogP) is 1.64. The fraction of sp³-hybridized carbons (Fsp3) is 0.444. The first-order chi connectivity index (χ1) is 7.54. The zero-order chi connectivity index (χ0) is 12.1. The first kappa shape index (κ1) is 12.6. The van der Waals surface area contributed by atoms with Crippen LogP contribution >= 0.6 is 11.3 Å². The van der Waals surface area contributed by atoms with Crippen molar-refractivity contribution in [2.45, 2.75) is 18.9 Å². The van der Waals surface area contributed by atoms with Crippen LogP contribution in [0.4, 0.5) is 5.00 Å². The summed E-state index contributed by atoms with van der Waals surface area (Å²) in [7, 11) is 1.27. The molecule has 1 unspecified atom stereocenters. The summed E-state index contributed by atoms with van der Waals surface area (Å²) in [6.45, 7) is 0. The van der Waals surface area contributed by atoms with Gasteiger partial charge in [0, 0.05) is 17.4 Å². The molecule has 0 aliphatic carbocycles. The molecule has 0 saturated heterocycles. The van der Waals surface area contributed by atoms with Gasteiger partial charge in [0.05, 0.1) is 18.1 Å². The van der Waals surface area contributed by atoms with Gasteiger partial charge in [0.15, 0.2) is 0 Å². The van der Waals surface area contributed by atoms with Crippen molar-refractivity contribution in [3.05, 3.63) is 27.1 Å². The first-order valence-corrected chi connectivity index (χ1v) is 5.35. The summed E-state index contributed by atoms with van der Waals surface area (Å²) in [5.41, 5.74) is 0. The summed E-state index contributed by atoms with van der Waals surface area (Å²) >= 11 is 0.907. The Hall–Kier alpha value is -1.47. The molecule has 88 valence electrons. The first-order valence-electron chi connectivity index (χ1n) is 4.53. The number of carbonyl (C=O) groups excluding carboxylic acids is 1. The Bertz CT molecular complexity index is 389. The number of nitro groups is 1. The van der Waals surface area contributed by atoms with Gasteiger partial charge >= 0.3 is 11.0 Å². The summed E-state index contributed by atoms with van der Waals surface area (Å²) < 4.78 is 4.43. The quantitative estimate of drug-likeness (QED) is 0.484. The molecule has 0 aromatic carbocycles. The second-order valence-corrected chi connectivity index (χ2v) is 4.16. The van der Waals surface area contributed by atoms with E-state index in [9.17, 15) is 20.0 Å². The number of carbonyl (C=O) groups is 1. The average molecular weight is 245 g/mol. The number of methoxy groups -OCH3 is 1. The van der Waals surface area contributed by atoms with Gasteiger partial charge in [0.2, 0.25) is 0 Å². The van der Waals surface area contributed by atoms with Crippen molar-refractivity contribution in [2.75, 3.05) is 7.11 Å². The molecule has 0 saturated carbocycles. The molecule has 0 radical (unpaired) electrons. The highest BCUT2D eigenvalue weighted by Crippen LogP contribution is 2.30. The molecule has 1 heterocycles. The van der Waals surface area contributed by atoms with Gasteiger partial charge in [0.1, 0.15) is 0 Å². The van der Waals surface area contributed by atoms with E-state index >= 15 is 0 Å².